The van der Waals surface area contributed by atoms with Crippen molar-refractivity contribution in [1.29, 1.82) is 0 Å². The van der Waals surface area contributed by atoms with E-state index < -0.39 is 4.92 Å². The molecule has 0 unspecified atom stereocenters. The minimum absolute atomic E-state index is 0. The molecule has 13 heteroatoms. The van der Waals surface area contributed by atoms with Gasteiger partial charge in [0.15, 0.2) is 0 Å². The van der Waals surface area contributed by atoms with Crippen LogP contribution in [0.25, 0.3) is 0 Å². The number of non-ortho nitro benzene ring substituents is 1. The van der Waals surface area contributed by atoms with Gasteiger partial charge in [-0.25, -0.2) is 0 Å². The van der Waals surface area contributed by atoms with Crippen molar-refractivity contribution in [3.05, 3.63) is 69.8 Å². The predicted octanol–water partition coefficient (Wildman–Crippen LogP) is -0.222. The largest absolute Gasteiger partial charge is 1.00 e. The van der Waals surface area contributed by atoms with Crippen molar-refractivity contribution in [3.63, 3.8) is 0 Å². The van der Waals surface area contributed by atoms with Crippen LogP contribution in [0.5, 0.6) is 0 Å². The van der Waals surface area contributed by atoms with Crippen molar-refractivity contribution >= 4 is 35.6 Å². The molecule has 0 aliphatic heterocycles. The molecule has 2 aromatic carbocycles. The average molecular weight is 698 g/mol. The lowest BCUT2D eigenvalue weighted by Crippen LogP contribution is -3.00. The Morgan fingerprint density at radius 2 is 0.956 bits per heavy atom. The van der Waals surface area contributed by atoms with Crippen LogP contribution in [0.4, 0.5) is 11.4 Å². The second-order valence-electron chi connectivity index (χ2n) is 9.97. The third-order valence-corrected chi connectivity index (χ3v) is 8.28. The molecule has 0 aromatic heterocycles. The standard InChI is InChI=1S/C15H23N3O3.C15H25N3O.2CH4.3ClH/c1-4-18(5-2,6-3)12-11-16-15(19)13-7-9-14(10-8-13)17(20)21;1-4-18(5-2,6-3)12-11-17-15(19)13-7-9-14(16)10-8-13;;;;;/h7-10H,4-6,11-12H2,1-3H3;7-10H,4-6,11-12H2,1-3H3,(H2-,16,17,19);2*1H4;3*1H. The summed E-state index contributed by atoms with van der Waals surface area (Å²) in [6, 6.07) is 12.7. The molecule has 0 spiro atoms. The molecule has 262 valence electrons. The quantitative estimate of drug-likeness (QED) is 0.103. The Morgan fingerprint density at radius 3 is 1.22 bits per heavy atom. The Bertz CT molecular complexity index is 1050. The van der Waals surface area contributed by atoms with E-state index >= 15 is 0 Å². The molecule has 10 nitrogen and oxygen atoms in total. The van der Waals surface area contributed by atoms with E-state index in [9.17, 15) is 19.7 Å². The van der Waals surface area contributed by atoms with E-state index in [-0.39, 0.29) is 69.6 Å². The number of nitrogen functional groups attached to an aromatic ring is 1. The van der Waals surface area contributed by atoms with Crippen molar-refractivity contribution < 1.29 is 48.3 Å². The zero-order chi connectivity index (χ0) is 30.2. The number of nitrogens with zero attached hydrogens (tertiary/aromatic N) is 3. The first kappa shape index (κ1) is 51.9. The summed E-state index contributed by atoms with van der Waals surface area (Å²) in [5.74, 6) is -0.215. The number of anilines is 1. The molecule has 2 rings (SSSR count). The van der Waals surface area contributed by atoms with Gasteiger partial charge in [0.1, 0.15) is 0 Å². The van der Waals surface area contributed by atoms with Gasteiger partial charge in [0, 0.05) is 28.9 Å². The highest BCUT2D eigenvalue weighted by Gasteiger charge is 2.21. The summed E-state index contributed by atoms with van der Waals surface area (Å²) in [6.07, 6.45) is 0. The number of amides is 2. The lowest BCUT2D eigenvalue weighted by molar-refractivity contribution is -0.922. The fourth-order valence-electron chi connectivity index (χ4n) is 4.68. The van der Waals surface area contributed by atoms with Crippen LogP contribution in [-0.4, -0.2) is 91.2 Å². The van der Waals surface area contributed by atoms with Gasteiger partial charge in [-0.3, -0.25) is 19.7 Å². The summed E-state index contributed by atoms with van der Waals surface area (Å²) in [7, 11) is 0. The van der Waals surface area contributed by atoms with Gasteiger partial charge in [-0.1, -0.05) is 14.9 Å². The van der Waals surface area contributed by atoms with E-state index in [0.717, 1.165) is 61.3 Å². The Kier molecular flexibility index (Phi) is 30.7. The molecule has 0 bridgehead atoms. The van der Waals surface area contributed by atoms with Gasteiger partial charge in [0.05, 0.1) is 70.4 Å². The summed E-state index contributed by atoms with van der Waals surface area (Å²) in [5, 5.41) is 16.4. The van der Waals surface area contributed by atoms with Crippen molar-refractivity contribution in [2.24, 2.45) is 0 Å². The summed E-state index contributed by atoms with van der Waals surface area (Å²) < 4.78 is 2.02. The van der Waals surface area contributed by atoms with Gasteiger partial charge in [-0.2, -0.15) is 0 Å². The second kappa shape index (κ2) is 26.6. The first-order valence-corrected chi connectivity index (χ1v) is 14.4. The number of nitro groups is 1. The fourth-order valence-corrected chi connectivity index (χ4v) is 4.68. The molecule has 0 saturated heterocycles. The van der Waals surface area contributed by atoms with Crippen LogP contribution in [0.1, 0.15) is 77.1 Å². The van der Waals surface area contributed by atoms with E-state index in [1.807, 2.05) is 0 Å². The Hall–Kier alpha value is -2.63. The molecule has 2 amide bonds. The number of nitro benzene ring substituents is 1. The van der Waals surface area contributed by atoms with Crippen LogP contribution in [0, 0.1) is 10.1 Å². The summed E-state index contributed by atoms with van der Waals surface area (Å²) in [6.45, 7) is 22.7. The number of quaternary nitrogens is 2. The van der Waals surface area contributed by atoms with E-state index in [1.165, 1.54) is 24.3 Å². The highest BCUT2D eigenvalue weighted by Crippen LogP contribution is 2.12. The minimum Gasteiger partial charge on any atom is -1.00 e. The van der Waals surface area contributed by atoms with Gasteiger partial charge in [0.25, 0.3) is 17.5 Å². The number of benzene rings is 2. The summed E-state index contributed by atoms with van der Waals surface area (Å²) in [4.78, 5) is 34.0. The van der Waals surface area contributed by atoms with Gasteiger partial charge in [0.2, 0.25) is 0 Å². The molecule has 0 radical (unpaired) electrons. The van der Waals surface area contributed by atoms with Crippen LogP contribution in [0.2, 0.25) is 0 Å². The molecule has 45 heavy (non-hydrogen) atoms. The number of rotatable bonds is 15. The Balaban J connectivity index is -0.000000214. The SMILES string of the molecule is C.C.CC[N+](CC)(CC)CCNC(=O)c1ccc(N)cc1.CC[N+](CC)(CC)CCNC(=O)c1ccc([N+](=O)[O-])cc1.Cl.[Cl-].[Cl-]. The maximum atomic E-state index is 12.0. The molecule has 0 aliphatic rings. The highest BCUT2D eigenvalue weighted by molar-refractivity contribution is 5.94. The number of carbonyl (C=O) groups excluding carboxylic acids is 2. The number of likely N-dealkylation sites (N-methyl/N-ethyl adjacent to an activating group) is 2. The van der Waals surface area contributed by atoms with E-state index in [4.69, 9.17) is 5.73 Å². The highest BCUT2D eigenvalue weighted by atomic mass is 35.5. The molecule has 0 fully saturated rings. The number of nitrogens with two attached hydrogens (primary N) is 1. The molecule has 4 N–H and O–H groups in total. The molecule has 2 aromatic rings. The number of nitrogens with one attached hydrogen (secondary N) is 2. The molecule has 0 aliphatic carbocycles. The maximum absolute atomic E-state index is 12.0. The summed E-state index contributed by atoms with van der Waals surface area (Å²) >= 11 is 0. The van der Waals surface area contributed by atoms with E-state index in [1.54, 1.807) is 24.3 Å². The monoisotopic (exact) mass is 696 g/mol. The Morgan fingerprint density at radius 1 is 0.667 bits per heavy atom. The van der Waals surface area contributed by atoms with Gasteiger partial charge < -0.3 is 50.1 Å². The third-order valence-electron chi connectivity index (χ3n) is 8.28. The smallest absolute Gasteiger partial charge is 0.269 e. The van der Waals surface area contributed by atoms with Crippen molar-refractivity contribution in [1.82, 2.24) is 10.6 Å². The fraction of sp³-hybridized carbons (Fsp3) is 0.562. The average Bonchev–Trinajstić information content (AvgIpc) is 2.98. The third kappa shape index (κ3) is 17.0. The van der Waals surface area contributed by atoms with Crippen molar-refractivity contribution in [2.75, 3.05) is 71.2 Å². The number of halogens is 3. The number of carbonyl (C=O) groups is 2. The molecular weight excluding hydrogens is 639 g/mol. The normalized spacial score (nSPS) is 10.0. The number of hydrogen-bond acceptors (Lipinski definition) is 5. The lowest BCUT2D eigenvalue weighted by Gasteiger charge is -2.35. The minimum atomic E-state index is -0.475. The van der Waals surface area contributed by atoms with Crippen LogP contribution in [0.15, 0.2) is 48.5 Å². The first-order chi connectivity index (χ1) is 19.0. The van der Waals surface area contributed by atoms with Crippen LogP contribution < -0.4 is 41.2 Å². The second-order valence-corrected chi connectivity index (χ2v) is 9.97. The molecular formula is C32H59Cl3N6O4. The topological polar surface area (TPSA) is 127 Å². The summed E-state index contributed by atoms with van der Waals surface area (Å²) in [5.41, 5.74) is 7.38. The first-order valence-electron chi connectivity index (χ1n) is 14.4. The number of hydrogen-bond donors (Lipinski definition) is 3. The Labute approximate surface area is 291 Å². The van der Waals surface area contributed by atoms with Crippen molar-refractivity contribution in [3.8, 4) is 0 Å². The van der Waals surface area contributed by atoms with E-state index in [2.05, 4.69) is 52.2 Å². The molecule has 0 heterocycles. The van der Waals surface area contributed by atoms with Gasteiger partial charge >= 0.3 is 0 Å². The molecule has 0 saturated carbocycles. The van der Waals surface area contributed by atoms with Crippen LogP contribution in [0.3, 0.4) is 0 Å². The van der Waals surface area contributed by atoms with E-state index in [0.29, 0.717) is 29.9 Å². The van der Waals surface area contributed by atoms with Gasteiger partial charge in [-0.05, 0) is 77.9 Å². The lowest BCUT2D eigenvalue weighted by atomic mass is 10.2. The molecule has 0 atom stereocenters. The zero-order valence-corrected chi connectivity index (χ0v) is 28.7. The zero-order valence-electron chi connectivity index (χ0n) is 26.4. The predicted molar refractivity (Wildman–Crippen MR) is 183 cm³/mol. The van der Waals surface area contributed by atoms with Gasteiger partial charge in [-0.15, -0.1) is 12.4 Å². The van der Waals surface area contributed by atoms with Crippen molar-refractivity contribution in [2.45, 2.75) is 56.4 Å². The maximum Gasteiger partial charge on any atom is 0.269 e. The van der Waals surface area contributed by atoms with Crippen LogP contribution in [-0.2, 0) is 0 Å². The van der Waals surface area contributed by atoms with Crippen LogP contribution >= 0.6 is 12.4 Å².